The molecule has 0 aliphatic carbocycles. The van der Waals surface area contributed by atoms with Crippen LogP contribution in [0.25, 0.3) is 0 Å². The van der Waals surface area contributed by atoms with Crippen molar-refractivity contribution in [2.45, 2.75) is 50.0 Å². The van der Waals surface area contributed by atoms with Gasteiger partial charge in [-0.05, 0) is 6.92 Å². The first kappa shape index (κ1) is 26.8. The summed E-state index contributed by atoms with van der Waals surface area (Å²) >= 11 is 4.06. The maximum absolute atomic E-state index is 13.0. The molecule has 2 heterocycles. The number of imidazole rings is 2. The molecule has 14 nitrogen and oxygen atoms in total. The van der Waals surface area contributed by atoms with Crippen molar-refractivity contribution in [2.24, 2.45) is 5.73 Å². The van der Waals surface area contributed by atoms with Gasteiger partial charge in [-0.25, -0.2) is 14.8 Å². The summed E-state index contributed by atoms with van der Waals surface area (Å²) in [6.07, 6.45) is 4.41. The van der Waals surface area contributed by atoms with Gasteiger partial charge in [-0.2, -0.15) is 12.6 Å². The molecule has 15 heteroatoms. The molecule has 186 valence electrons. The molecule has 0 radical (unpaired) electrons. The van der Waals surface area contributed by atoms with Crippen LogP contribution in [0.15, 0.2) is 25.0 Å². The minimum absolute atomic E-state index is 0.0333. The first-order valence-electron chi connectivity index (χ1n) is 10.2. The Morgan fingerprint density at radius 1 is 0.941 bits per heavy atom. The molecule has 2 aromatic rings. The Morgan fingerprint density at radius 3 is 1.85 bits per heavy atom. The van der Waals surface area contributed by atoms with Crippen molar-refractivity contribution in [3.05, 3.63) is 36.4 Å². The van der Waals surface area contributed by atoms with Crippen LogP contribution in [0.4, 0.5) is 0 Å². The van der Waals surface area contributed by atoms with Crippen molar-refractivity contribution in [1.82, 2.24) is 35.9 Å². The summed E-state index contributed by atoms with van der Waals surface area (Å²) in [5.41, 5.74) is 6.58. The van der Waals surface area contributed by atoms with Gasteiger partial charge in [-0.15, -0.1) is 0 Å². The Bertz CT molecular complexity index is 952. The summed E-state index contributed by atoms with van der Waals surface area (Å²) in [5.74, 6) is -3.69. The lowest BCUT2D eigenvalue weighted by Gasteiger charge is -2.24. The van der Waals surface area contributed by atoms with E-state index in [2.05, 4.69) is 48.5 Å². The average molecular weight is 497 g/mol. The number of aliphatic hydroxyl groups is 1. The first-order valence-corrected chi connectivity index (χ1v) is 10.9. The summed E-state index contributed by atoms with van der Waals surface area (Å²) in [7, 11) is 0. The zero-order chi connectivity index (χ0) is 25.3. The molecule has 0 saturated carbocycles. The standard InChI is InChI=1S/C19H28N8O6S/c1-9(28)15(20)18(31)27-14(6-34)17(30)25-12(2-10-4-21-7-23-10)16(29)26-13(19(32)33)3-11-5-22-8-24-11/h4-5,7-9,12-15,28,34H,2-3,6,20H2,1H3,(H,21,23)(H,22,24)(H,25,30)(H,26,29)(H,27,31)(H,32,33). The third-order valence-corrected chi connectivity index (χ3v) is 5.21. The monoisotopic (exact) mass is 496 g/mol. The number of hydrogen-bond acceptors (Lipinski definition) is 9. The molecule has 3 amide bonds. The van der Waals surface area contributed by atoms with E-state index >= 15 is 0 Å². The number of hydrogen-bond donors (Lipinski definition) is 9. The molecule has 0 saturated heterocycles. The zero-order valence-corrected chi connectivity index (χ0v) is 19.2. The van der Waals surface area contributed by atoms with E-state index in [-0.39, 0.29) is 18.6 Å². The fraction of sp³-hybridized carbons (Fsp3) is 0.474. The number of carboxylic acids is 1. The van der Waals surface area contributed by atoms with Crippen LogP contribution in [0.1, 0.15) is 18.3 Å². The van der Waals surface area contributed by atoms with E-state index in [0.717, 1.165) is 0 Å². The largest absolute Gasteiger partial charge is 0.480 e. The highest BCUT2D eigenvalue weighted by molar-refractivity contribution is 7.80. The summed E-state index contributed by atoms with van der Waals surface area (Å²) < 4.78 is 0. The average Bonchev–Trinajstić information content (AvgIpc) is 3.49. The number of aliphatic hydroxyl groups excluding tert-OH is 1. The fourth-order valence-electron chi connectivity index (χ4n) is 2.87. The number of nitrogens with one attached hydrogen (secondary N) is 5. The topological polar surface area (TPSA) is 228 Å². The molecule has 5 unspecified atom stereocenters. The Balaban J connectivity index is 2.13. The van der Waals surface area contributed by atoms with Crippen molar-refractivity contribution < 1.29 is 29.4 Å². The number of aliphatic carboxylic acids is 1. The van der Waals surface area contributed by atoms with Gasteiger partial charge < -0.3 is 41.9 Å². The third-order valence-electron chi connectivity index (χ3n) is 4.84. The van der Waals surface area contributed by atoms with E-state index in [0.29, 0.717) is 11.4 Å². The van der Waals surface area contributed by atoms with Crippen LogP contribution in [-0.4, -0.2) is 89.9 Å². The number of nitrogens with zero attached hydrogens (tertiary/aromatic N) is 2. The second-order valence-corrected chi connectivity index (χ2v) is 7.90. The summed E-state index contributed by atoms with van der Waals surface area (Å²) in [6, 6.07) is -4.93. The van der Waals surface area contributed by atoms with Gasteiger partial charge in [0.15, 0.2) is 0 Å². The molecule has 0 aliphatic rings. The number of aromatic nitrogens is 4. The molecule has 2 rings (SSSR count). The van der Waals surface area contributed by atoms with Crippen molar-refractivity contribution in [3.63, 3.8) is 0 Å². The Labute approximate surface area is 199 Å². The fourth-order valence-corrected chi connectivity index (χ4v) is 3.12. The Kier molecular flexibility index (Phi) is 10.0. The van der Waals surface area contributed by atoms with E-state index in [1.807, 2.05) is 0 Å². The van der Waals surface area contributed by atoms with E-state index < -0.39 is 54.0 Å². The second kappa shape index (κ2) is 12.7. The second-order valence-electron chi connectivity index (χ2n) is 7.53. The quantitative estimate of drug-likeness (QED) is 0.129. The number of amides is 3. The smallest absolute Gasteiger partial charge is 0.326 e. The first-order chi connectivity index (χ1) is 16.1. The highest BCUT2D eigenvalue weighted by Gasteiger charge is 2.31. The SMILES string of the molecule is CC(O)C(N)C(=O)NC(CS)C(=O)NC(Cc1cnc[nH]1)C(=O)NC(Cc1cnc[nH]1)C(=O)O. The van der Waals surface area contributed by atoms with Gasteiger partial charge >= 0.3 is 5.97 Å². The van der Waals surface area contributed by atoms with Crippen molar-refractivity contribution in [3.8, 4) is 0 Å². The molecule has 2 aromatic heterocycles. The molecule has 0 spiro atoms. The Hall–Kier alpha value is -3.43. The third kappa shape index (κ3) is 7.86. The highest BCUT2D eigenvalue weighted by atomic mass is 32.1. The number of nitrogens with two attached hydrogens (primary N) is 1. The number of H-pyrrole nitrogens is 2. The van der Waals surface area contributed by atoms with Crippen LogP contribution < -0.4 is 21.7 Å². The van der Waals surface area contributed by atoms with Crippen LogP contribution in [0.5, 0.6) is 0 Å². The van der Waals surface area contributed by atoms with E-state index in [1.54, 1.807) is 0 Å². The molecule has 34 heavy (non-hydrogen) atoms. The van der Waals surface area contributed by atoms with Crippen molar-refractivity contribution in [2.75, 3.05) is 5.75 Å². The summed E-state index contributed by atoms with van der Waals surface area (Å²) in [4.78, 5) is 62.8. The van der Waals surface area contributed by atoms with Gasteiger partial charge in [-0.3, -0.25) is 14.4 Å². The van der Waals surface area contributed by atoms with Gasteiger partial charge in [0, 0.05) is 42.4 Å². The van der Waals surface area contributed by atoms with Crippen LogP contribution in [-0.2, 0) is 32.0 Å². The maximum atomic E-state index is 13.0. The molecular formula is C19H28N8O6S. The lowest BCUT2D eigenvalue weighted by Crippen LogP contribution is -2.59. The number of thiol groups is 1. The van der Waals surface area contributed by atoms with Crippen LogP contribution >= 0.6 is 12.6 Å². The van der Waals surface area contributed by atoms with Gasteiger partial charge in [0.05, 0.1) is 18.8 Å². The lowest BCUT2D eigenvalue weighted by atomic mass is 10.1. The van der Waals surface area contributed by atoms with Crippen LogP contribution in [0.2, 0.25) is 0 Å². The van der Waals surface area contributed by atoms with Gasteiger partial charge in [0.25, 0.3) is 0 Å². The van der Waals surface area contributed by atoms with Crippen LogP contribution in [0, 0.1) is 0 Å². The maximum Gasteiger partial charge on any atom is 0.326 e. The summed E-state index contributed by atoms with van der Waals surface area (Å²) in [6.45, 7) is 1.33. The predicted octanol–water partition coefficient (Wildman–Crippen LogP) is -2.91. The van der Waals surface area contributed by atoms with Gasteiger partial charge in [0.1, 0.15) is 24.2 Å². The molecule has 0 aliphatic heterocycles. The van der Waals surface area contributed by atoms with E-state index in [4.69, 9.17) is 5.73 Å². The Morgan fingerprint density at radius 2 is 1.41 bits per heavy atom. The number of aromatic amines is 2. The van der Waals surface area contributed by atoms with E-state index in [9.17, 15) is 29.4 Å². The summed E-state index contributed by atoms with van der Waals surface area (Å²) in [5, 5.41) is 26.3. The molecule has 9 N–H and O–H groups in total. The van der Waals surface area contributed by atoms with Crippen LogP contribution in [0.3, 0.4) is 0 Å². The molecular weight excluding hydrogens is 468 g/mol. The van der Waals surface area contributed by atoms with E-state index in [1.165, 1.54) is 32.0 Å². The number of carboxylic acid groups (broad SMARTS) is 1. The number of carbonyl (C=O) groups is 4. The minimum Gasteiger partial charge on any atom is -0.480 e. The minimum atomic E-state index is -1.29. The molecule has 5 atom stereocenters. The highest BCUT2D eigenvalue weighted by Crippen LogP contribution is 2.04. The molecule has 0 bridgehead atoms. The predicted molar refractivity (Wildman–Crippen MR) is 122 cm³/mol. The van der Waals surface area contributed by atoms with Crippen molar-refractivity contribution in [1.29, 1.82) is 0 Å². The number of carbonyl (C=O) groups excluding carboxylic acids is 3. The van der Waals surface area contributed by atoms with Crippen molar-refractivity contribution >= 4 is 36.3 Å². The molecule has 0 aromatic carbocycles. The normalized spacial score (nSPS) is 15.4. The lowest BCUT2D eigenvalue weighted by molar-refractivity contribution is -0.142. The number of rotatable bonds is 13. The molecule has 0 fully saturated rings. The van der Waals surface area contributed by atoms with Gasteiger partial charge in [-0.1, -0.05) is 0 Å². The zero-order valence-electron chi connectivity index (χ0n) is 18.3. The van der Waals surface area contributed by atoms with Gasteiger partial charge in [0.2, 0.25) is 17.7 Å².